The first-order chi connectivity index (χ1) is 15.2. The predicted molar refractivity (Wildman–Crippen MR) is 107 cm³/mol. The molecule has 0 bridgehead atoms. The van der Waals surface area contributed by atoms with Gasteiger partial charge in [-0.15, -0.1) is 0 Å². The number of benzene rings is 2. The Labute approximate surface area is 179 Å². The standard InChI is InChI=1S/C22H26O9/c1-26-10-31-22(14-3-5-18-20(7-14)30-12-28-18)16(9-24)15(8-23)21(25)13-2-4-17-19(6-13)29-11-27-17/h2-7,15-16,21-25H,8-12H2,1H3/t15-,16-,21+,22+/m0/s1. The summed E-state index contributed by atoms with van der Waals surface area (Å²) in [6, 6.07) is 10.4. The van der Waals surface area contributed by atoms with Crippen LogP contribution in [0.4, 0.5) is 0 Å². The maximum absolute atomic E-state index is 11.1. The number of fused-ring (bicyclic) bond motifs is 2. The normalized spacial score (nSPS) is 17.9. The average Bonchev–Trinajstić information content (AvgIpc) is 3.46. The molecule has 0 fully saturated rings. The fourth-order valence-electron chi connectivity index (χ4n) is 3.97. The largest absolute Gasteiger partial charge is 0.454 e. The maximum Gasteiger partial charge on any atom is 0.231 e. The van der Waals surface area contributed by atoms with Crippen molar-refractivity contribution in [2.24, 2.45) is 11.8 Å². The second-order valence-corrected chi connectivity index (χ2v) is 7.36. The summed E-state index contributed by atoms with van der Waals surface area (Å²) in [5, 5.41) is 31.5. The second kappa shape index (κ2) is 9.71. The van der Waals surface area contributed by atoms with Crippen molar-refractivity contribution in [1.29, 1.82) is 0 Å². The van der Waals surface area contributed by atoms with Crippen molar-refractivity contribution in [3.8, 4) is 23.0 Å². The number of hydrogen-bond donors (Lipinski definition) is 3. The quantitative estimate of drug-likeness (QED) is 0.481. The lowest BCUT2D eigenvalue weighted by molar-refractivity contribution is -0.126. The van der Waals surface area contributed by atoms with E-state index in [1.54, 1.807) is 36.4 Å². The van der Waals surface area contributed by atoms with Gasteiger partial charge in [-0.3, -0.25) is 0 Å². The van der Waals surface area contributed by atoms with Gasteiger partial charge < -0.3 is 43.7 Å². The molecule has 0 aliphatic carbocycles. The van der Waals surface area contributed by atoms with Crippen molar-refractivity contribution in [2.45, 2.75) is 12.2 Å². The number of rotatable bonds is 10. The topological polar surface area (TPSA) is 116 Å². The molecule has 2 aliphatic rings. The fraction of sp³-hybridized carbons (Fsp3) is 0.455. The Hall–Kier alpha value is -2.56. The van der Waals surface area contributed by atoms with Gasteiger partial charge in [0.2, 0.25) is 13.6 Å². The predicted octanol–water partition coefficient (Wildman–Crippen LogP) is 1.76. The summed E-state index contributed by atoms with van der Waals surface area (Å²) in [6.07, 6.45) is -1.76. The van der Waals surface area contributed by atoms with E-state index < -0.39 is 24.0 Å². The minimum atomic E-state index is -1.08. The minimum absolute atomic E-state index is 0.0339. The summed E-state index contributed by atoms with van der Waals surface area (Å²) in [5.41, 5.74) is 1.25. The lowest BCUT2D eigenvalue weighted by Gasteiger charge is -2.34. The first kappa shape index (κ1) is 21.7. The molecule has 9 heteroatoms. The lowest BCUT2D eigenvalue weighted by atomic mass is 9.79. The molecule has 9 nitrogen and oxygen atoms in total. The lowest BCUT2D eigenvalue weighted by Crippen LogP contribution is -2.34. The molecule has 0 unspecified atom stereocenters. The number of aliphatic hydroxyl groups excluding tert-OH is 3. The third-order valence-corrected chi connectivity index (χ3v) is 5.59. The van der Waals surface area contributed by atoms with Crippen LogP contribution in [0.2, 0.25) is 0 Å². The van der Waals surface area contributed by atoms with Crippen molar-refractivity contribution in [3.63, 3.8) is 0 Å². The van der Waals surface area contributed by atoms with Gasteiger partial charge in [0.05, 0.1) is 12.2 Å². The van der Waals surface area contributed by atoms with E-state index in [2.05, 4.69) is 0 Å². The van der Waals surface area contributed by atoms with Crippen LogP contribution in [-0.4, -0.2) is 56.0 Å². The molecule has 0 saturated heterocycles. The Kier molecular flexibility index (Phi) is 6.79. The molecule has 4 rings (SSSR count). The van der Waals surface area contributed by atoms with Gasteiger partial charge in [-0.05, 0) is 35.4 Å². The average molecular weight is 434 g/mol. The highest BCUT2D eigenvalue weighted by atomic mass is 16.7. The molecule has 0 radical (unpaired) electrons. The van der Waals surface area contributed by atoms with E-state index in [9.17, 15) is 15.3 Å². The molecule has 2 aromatic carbocycles. The number of methoxy groups -OCH3 is 1. The third-order valence-electron chi connectivity index (χ3n) is 5.59. The van der Waals surface area contributed by atoms with Gasteiger partial charge in [-0.2, -0.15) is 0 Å². The Morgan fingerprint density at radius 3 is 1.94 bits per heavy atom. The van der Waals surface area contributed by atoms with Crippen LogP contribution < -0.4 is 18.9 Å². The van der Waals surface area contributed by atoms with Crippen LogP contribution in [0.1, 0.15) is 23.3 Å². The molecule has 3 N–H and O–H groups in total. The molecule has 2 heterocycles. The minimum Gasteiger partial charge on any atom is -0.454 e. The Morgan fingerprint density at radius 2 is 1.35 bits per heavy atom. The zero-order valence-corrected chi connectivity index (χ0v) is 17.1. The fourth-order valence-corrected chi connectivity index (χ4v) is 3.97. The third kappa shape index (κ3) is 4.41. The number of aliphatic hydroxyl groups is 3. The van der Waals surface area contributed by atoms with Crippen molar-refractivity contribution in [1.82, 2.24) is 0 Å². The van der Waals surface area contributed by atoms with Gasteiger partial charge in [-0.1, -0.05) is 12.1 Å². The molecule has 4 atom stereocenters. The zero-order chi connectivity index (χ0) is 21.8. The first-order valence-corrected chi connectivity index (χ1v) is 9.95. The highest BCUT2D eigenvalue weighted by molar-refractivity contribution is 5.46. The summed E-state index contributed by atoms with van der Waals surface area (Å²) in [7, 11) is 1.50. The molecule has 2 aliphatic heterocycles. The molecule has 0 spiro atoms. The van der Waals surface area contributed by atoms with E-state index in [1.807, 2.05) is 0 Å². The van der Waals surface area contributed by atoms with E-state index >= 15 is 0 Å². The van der Waals surface area contributed by atoms with Gasteiger partial charge in [0.1, 0.15) is 6.79 Å². The van der Waals surface area contributed by atoms with Crippen LogP contribution in [0.25, 0.3) is 0 Å². The SMILES string of the molecule is COCO[C@H](c1ccc2c(c1)OCO2)[C@@H](CO)[C@H](CO)[C@H](O)c1ccc2c(c1)OCO2. The van der Waals surface area contributed by atoms with Crippen LogP contribution >= 0.6 is 0 Å². The van der Waals surface area contributed by atoms with E-state index in [0.29, 0.717) is 34.1 Å². The highest BCUT2D eigenvalue weighted by Gasteiger charge is 2.37. The summed E-state index contributed by atoms with van der Waals surface area (Å²) in [6.45, 7) is -0.496. The Morgan fingerprint density at radius 1 is 0.806 bits per heavy atom. The number of ether oxygens (including phenoxy) is 6. The van der Waals surface area contributed by atoms with E-state index in [-0.39, 0.29) is 33.6 Å². The summed E-state index contributed by atoms with van der Waals surface area (Å²) in [4.78, 5) is 0. The molecule has 2 aromatic rings. The maximum atomic E-state index is 11.1. The molecule has 168 valence electrons. The van der Waals surface area contributed by atoms with Crippen LogP contribution in [0, 0.1) is 11.8 Å². The van der Waals surface area contributed by atoms with Gasteiger partial charge >= 0.3 is 0 Å². The van der Waals surface area contributed by atoms with E-state index in [1.165, 1.54) is 7.11 Å². The van der Waals surface area contributed by atoms with Crippen LogP contribution in [0.15, 0.2) is 36.4 Å². The molecule has 0 aromatic heterocycles. The molecule has 0 saturated carbocycles. The van der Waals surface area contributed by atoms with E-state index in [4.69, 9.17) is 28.4 Å². The van der Waals surface area contributed by atoms with Gasteiger partial charge in [-0.25, -0.2) is 0 Å². The van der Waals surface area contributed by atoms with Crippen LogP contribution in [0.5, 0.6) is 23.0 Å². The Bertz CT molecular complexity index is 887. The summed E-state index contributed by atoms with van der Waals surface area (Å²) in [5.74, 6) is 0.915. The van der Waals surface area contributed by atoms with Crippen molar-refractivity contribution in [3.05, 3.63) is 47.5 Å². The smallest absolute Gasteiger partial charge is 0.231 e. The van der Waals surface area contributed by atoms with Crippen molar-refractivity contribution in [2.75, 3.05) is 40.7 Å². The Balaban J connectivity index is 1.63. The van der Waals surface area contributed by atoms with Gasteiger partial charge in [0.15, 0.2) is 23.0 Å². The highest BCUT2D eigenvalue weighted by Crippen LogP contribution is 2.42. The van der Waals surface area contributed by atoms with Crippen molar-refractivity contribution < 1.29 is 43.7 Å². The first-order valence-electron chi connectivity index (χ1n) is 9.95. The van der Waals surface area contributed by atoms with Gasteiger partial charge in [0.25, 0.3) is 0 Å². The number of hydrogen-bond acceptors (Lipinski definition) is 9. The molecular weight excluding hydrogens is 408 g/mol. The zero-order valence-electron chi connectivity index (χ0n) is 17.1. The van der Waals surface area contributed by atoms with Crippen LogP contribution in [-0.2, 0) is 9.47 Å². The van der Waals surface area contributed by atoms with Gasteiger partial charge in [0, 0.05) is 32.2 Å². The van der Waals surface area contributed by atoms with Crippen LogP contribution in [0.3, 0.4) is 0 Å². The summed E-state index contributed by atoms with van der Waals surface area (Å²) >= 11 is 0. The second-order valence-electron chi connectivity index (χ2n) is 7.36. The molecule has 31 heavy (non-hydrogen) atoms. The van der Waals surface area contributed by atoms with E-state index in [0.717, 1.165) is 0 Å². The molecular formula is C22H26O9. The summed E-state index contributed by atoms with van der Waals surface area (Å²) < 4.78 is 32.5. The monoisotopic (exact) mass is 434 g/mol. The van der Waals surface area contributed by atoms with Crippen molar-refractivity contribution >= 4 is 0 Å². The molecule has 0 amide bonds.